The van der Waals surface area contributed by atoms with Crippen LogP contribution in [0.2, 0.25) is 0 Å². The number of aliphatic hydroxyl groups is 1. The summed E-state index contributed by atoms with van der Waals surface area (Å²) < 4.78 is 79.8. The monoisotopic (exact) mass is 941 g/mol. The zero-order chi connectivity index (χ0) is 44.3. The van der Waals surface area contributed by atoms with Gasteiger partial charge in [0.2, 0.25) is 11.9 Å². The van der Waals surface area contributed by atoms with Gasteiger partial charge in [0.15, 0.2) is 59.0 Å². The zero-order valence-electron chi connectivity index (χ0n) is 33.0. The van der Waals surface area contributed by atoms with Crippen molar-refractivity contribution in [3.8, 4) is 6.07 Å². The minimum Gasteiger partial charge on any atom is -0.566 e. The third kappa shape index (κ3) is 10.1. The quantitative estimate of drug-likeness (QED) is 0.0649. The third-order valence-electron chi connectivity index (χ3n) is 9.14. The molecule has 26 nitrogen and oxygen atoms in total. The molecule has 8 N–H and O–H groups in total. The highest BCUT2D eigenvalue weighted by Crippen LogP contribution is 2.55. The van der Waals surface area contributed by atoms with E-state index in [0.717, 1.165) is 15.7 Å². The van der Waals surface area contributed by atoms with Crippen LogP contribution in [0, 0.1) is 17.2 Å². The van der Waals surface area contributed by atoms with Gasteiger partial charge in [-0.2, -0.15) is 19.6 Å². The van der Waals surface area contributed by atoms with Gasteiger partial charge in [-0.3, -0.25) is 29.2 Å². The molecule has 10 atom stereocenters. The number of amides is 2. The number of anilines is 2. The van der Waals surface area contributed by atoms with Crippen LogP contribution in [-0.4, -0.2) is 123 Å². The van der Waals surface area contributed by atoms with Crippen molar-refractivity contribution in [1.82, 2.24) is 56.1 Å². The lowest BCUT2D eigenvalue weighted by molar-refractivity contribution is -0.194. The molecule has 0 aliphatic carbocycles. The molecule has 0 saturated carbocycles. The molecule has 5 aromatic rings. The van der Waals surface area contributed by atoms with Gasteiger partial charge in [-0.25, -0.2) is 18.7 Å². The minimum atomic E-state index is -4.28. The number of ether oxygens (including phenoxy) is 2. The van der Waals surface area contributed by atoms with E-state index in [1.165, 1.54) is 0 Å². The van der Waals surface area contributed by atoms with Crippen molar-refractivity contribution < 1.29 is 60.5 Å². The topological polar surface area (TPSA) is 367 Å². The van der Waals surface area contributed by atoms with Crippen molar-refractivity contribution in [2.24, 2.45) is 5.92 Å². The lowest BCUT2D eigenvalue weighted by atomic mass is 10.1. The summed E-state index contributed by atoms with van der Waals surface area (Å²) in [5, 5.41) is 39.9. The highest BCUT2D eigenvalue weighted by molar-refractivity contribution is 8.07. The number of nitriles is 1. The average molecular weight is 942 g/mol. The summed E-state index contributed by atoms with van der Waals surface area (Å²) in [7, 11) is -3.72. The van der Waals surface area contributed by atoms with Gasteiger partial charge in [-0.05, 0) is 28.5 Å². The van der Waals surface area contributed by atoms with Crippen molar-refractivity contribution in [2.45, 2.75) is 69.5 Å². The van der Waals surface area contributed by atoms with Crippen LogP contribution >= 0.6 is 15.0 Å². The fourth-order valence-electron chi connectivity index (χ4n) is 6.15. The van der Waals surface area contributed by atoms with Gasteiger partial charge in [0.1, 0.15) is 24.6 Å². The van der Waals surface area contributed by atoms with Crippen LogP contribution < -0.4 is 27.2 Å². The highest BCUT2D eigenvalue weighted by atomic mass is 32.5. The first-order valence-electron chi connectivity index (χ1n) is 18.3. The van der Waals surface area contributed by atoms with Gasteiger partial charge in [0.25, 0.3) is 11.5 Å². The van der Waals surface area contributed by atoms with Crippen LogP contribution in [-0.2, 0) is 48.7 Å². The van der Waals surface area contributed by atoms with Gasteiger partial charge in [0.05, 0.1) is 32.3 Å². The molecule has 2 aliphatic heterocycles. The Balaban J connectivity index is 0.00000661. The minimum absolute atomic E-state index is 0. The van der Waals surface area contributed by atoms with E-state index < -0.39 is 107 Å². The Morgan fingerprint density at radius 1 is 1.05 bits per heavy atom. The number of carbonyl (C=O) groups excluding carboxylic acids is 2. The predicted octanol–water partition coefficient (Wildman–Crippen LogP) is 1.40. The molecule has 2 amide bonds. The molecule has 2 aliphatic rings. The number of nitrogens with zero attached hydrogens (tertiary/aromatic N) is 10. The van der Waals surface area contributed by atoms with E-state index >= 15 is 8.78 Å². The summed E-state index contributed by atoms with van der Waals surface area (Å²) >= 11 is 5.56. The number of aromatic nitrogens is 10. The number of rotatable bonds is 17. The molecule has 6 heterocycles. The molecule has 1 aromatic carbocycles. The summed E-state index contributed by atoms with van der Waals surface area (Å²) in [4.78, 5) is 64.3. The van der Waals surface area contributed by atoms with Crippen LogP contribution in [0.25, 0.3) is 22.3 Å². The van der Waals surface area contributed by atoms with Crippen LogP contribution in [0.1, 0.15) is 43.1 Å². The lowest BCUT2D eigenvalue weighted by Gasteiger charge is -2.28. The van der Waals surface area contributed by atoms with E-state index in [9.17, 15) is 28.9 Å². The summed E-state index contributed by atoms with van der Waals surface area (Å²) in [6.07, 6.45) is -14.1. The Labute approximate surface area is 358 Å². The smallest absolute Gasteiger partial charge is 0.489 e. The summed E-state index contributed by atoms with van der Waals surface area (Å²) in [6, 6.07) is 10.0. The summed E-state index contributed by atoms with van der Waals surface area (Å²) in [6.45, 7) is -3.23. The van der Waals surface area contributed by atoms with Gasteiger partial charge in [-0.15, -0.1) is 14.7 Å². The van der Waals surface area contributed by atoms with Gasteiger partial charge >= 0.3 is 15.0 Å². The predicted molar refractivity (Wildman–Crippen MR) is 211 cm³/mol. The first kappa shape index (κ1) is 47.1. The van der Waals surface area contributed by atoms with Crippen molar-refractivity contribution >= 4 is 72.7 Å². The van der Waals surface area contributed by atoms with Crippen molar-refractivity contribution in [1.29, 1.82) is 5.26 Å². The maximum Gasteiger partial charge on any atom is 0.489 e. The van der Waals surface area contributed by atoms with Crippen molar-refractivity contribution in [2.75, 3.05) is 30.5 Å². The normalized spacial score (nSPS) is 24.5. The van der Waals surface area contributed by atoms with Gasteiger partial charge in [-0.1, -0.05) is 42.5 Å². The van der Waals surface area contributed by atoms with E-state index in [1.54, 1.807) is 44.2 Å². The van der Waals surface area contributed by atoms with Crippen LogP contribution in [0.4, 0.5) is 20.5 Å². The number of aromatic amines is 1. The van der Waals surface area contributed by atoms with Crippen molar-refractivity contribution in [3.63, 3.8) is 0 Å². The number of benzene rings is 1. The van der Waals surface area contributed by atoms with Crippen molar-refractivity contribution in [3.05, 3.63) is 52.6 Å². The molecule has 0 spiro atoms. The lowest BCUT2D eigenvalue weighted by Crippen LogP contribution is -2.34. The summed E-state index contributed by atoms with van der Waals surface area (Å²) in [5.74, 6) is -1.94. The Hall–Kier alpha value is -5.34. The molecule has 2 saturated heterocycles. The fourth-order valence-corrected chi connectivity index (χ4v) is 8.66. The van der Waals surface area contributed by atoms with Gasteiger partial charge < -0.3 is 40.0 Å². The number of hydrogen-bond donors (Lipinski definition) is 5. The largest absolute Gasteiger partial charge is 0.566 e. The molecular weight excluding hydrogens is 904 g/mol. The standard InChI is InChI=1S/C32H33F2N13O12P2S.H3N/c1-14(2)27(49)40-32-39-26-21(29(51)41-32)43-45-47(26)31-23(58-60(52)53)18(33)17(57-31)12-55-61(62,54-10-6-9-35)59-22-16(11-48)56-30(19(22)34)46-25-20(42-44-46)24(36-13-37-25)38-28(50)15-7-4-3-5-8-15;/h3-5,7-8,13-14,16-19,22-23,30-31,48H,6,10-12H2,1-2H3,(H,36,37,38,50)(H2,39,40,41,49,51);1H3/p+1/t16-,17-,18-,19+,22-,23+,30-,31-,61?;/m1./s1. The van der Waals surface area contributed by atoms with E-state index in [1.807, 2.05) is 6.07 Å². The molecule has 7 rings (SSSR count). The molecular formula is C32H37F2N14O12P2S+. The highest BCUT2D eigenvalue weighted by Gasteiger charge is 2.54. The van der Waals surface area contributed by atoms with Gasteiger partial charge in [0, 0.05) is 11.5 Å². The molecule has 0 radical (unpaired) electrons. The first-order valence-corrected chi connectivity index (χ1v) is 21.9. The van der Waals surface area contributed by atoms with Crippen LogP contribution in [0.5, 0.6) is 0 Å². The number of nitrogens with one attached hydrogen (secondary N) is 3. The number of fused-ring (bicyclic) bond motifs is 2. The average Bonchev–Trinajstić information content (AvgIpc) is 4.02. The Bertz CT molecular complexity index is 2620. The molecule has 31 heteroatoms. The fraction of sp³-hybridized carbons (Fsp3) is 0.469. The molecule has 2 fully saturated rings. The van der Waals surface area contributed by atoms with Crippen LogP contribution in [0.15, 0.2) is 41.5 Å². The second-order valence-electron chi connectivity index (χ2n) is 13.6. The number of quaternary nitrogens is 1. The molecule has 4 aromatic heterocycles. The van der Waals surface area contributed by atoms with E-state index in [2.05, 4.69) is 51.2 Å². The van der Waals surface area contributed by atoms with E-state index in [-0.39, 0.29) is 46.7 Å². The summed E-state index contributed by atoms with van der Waals surface area (Å²) in [5.41, 5.74) is -1.40. The Morgan fingerprint density at radius 3 is 2.43 bits per heavy atom. The maximum atomic E-state index is 16.5. The Morgan fingerprint density at radius 2 is 1.75 bits per heavy atom. The number of H-pyrrole nitrogens is 1. The second kappa shape index (κ2) is 20.0. The number of halogens is 2. The SMILES string of the molecule is CC(C)C(=O)Nc1nc2c(nnn2[C@@H]2O[C@H](COP(=S)(OCCC#N)O[C@H]3[C@H](F)[C@H](n4nnc5c(NC(=O)c6ccccc6)ncnc54)O[C@@H]3CO)[C@@H](F)[C@@H]2O[P+](=O)[O-])c(=O)[nH]1.[NH4+]. The molecule has 2 unspecified atom stereocenters. The van der Waals surface area contributed by atoms with E-state index in [0.29, 0.717) is 5.56 Å². The molecule has 0 bridgehead atoms. The number of alkyl halides is 2. The van der Waals surface area contributed by atoms with E-state index in [4.69, 9.17) is 44.6 Å². The number of hydrogen-bond acceptors (Lipinski definition) is 21. The second-order valence-corrected chi connectivity index (χ2v) is 17.2. The number of aliphatic hydroxyl groups excluding tert-OH is 1. The zero-order valence-corrected chi connectivity index (χ0v) is 35.6. The first-order chi connectivity index (χ1) is 29.7. The Kier molecular flexibility index (Phi) is 15.0. The maximum absolute atomic E-state index is 16.5. The third-order valence-corrected chi connectivity index (χ3v) is 11.9. The molecule has 63 heavy (non-hydrogen) atoms. The van der Waals surface area contributed by atoms with Crippen LogP contribution in [0.3, 0.4) is 0 Å². The number of carbonyl (C=O) groups is 2. The molecule has 336 valence electrons.